The van der Waals surface area contributed by atoms with E-state index >= 15 is 0 Å². The van der Waals surface area contributed by atoms with Crippen molar-refractivity contribution in [3.63, 3.8) is 0 Å². The first-order valence-corrected chi connectivity index (χ1v) is 4.43. The highest BCUT2D eigenvalue weighted by atomic mass is 16.6. The molecule has 1 heterocycles. The molecule has 2 aromatic rings. The Hall–Kier alpha value is -2.77. The van der Waals surface area contributed by atoms with Crippen LogP contribution in [0.4, 0.5) is 5.69 Å². The molecule has 8 nitrogen and oxygen atoms in total. The predicted octanol–water partition coefficient (Wildman–Crippen LogP) is 1.11. The molecule has 8 heteroatoms. The first kappa shape index (κ1) is 10.7. The van der Waals surface area contributed by atoms with Gasteiger partial charge in [0, 0.05) is 11.6 Å². The molecule has 0 amide bonds. The van der Waals surface area contributed by atoms with Gasteiger partial charge in [-0.15, -0.1) is 0 Å². The van der Waals surface area contributed by atoms with Crippen molar-refractivity contribution in [3.05, 3.63) is 34.8 Å². The van der Waals surface area contributed by atoms with Crippen molar-refractivity contribution in [3.8, 4) is 22.8 Å². The van der Waals surface area contributed by atoms with Crippen LogP contribution in [0, 0.1) is 10.1 Å². The van der Waals surface area contributed by atoms with Crippen LogP contribution >= 0.6 is 0 Å². The van der Waals surface area contributed by atoms with Gasteiger partial charge in [0.15, 0.2) is 5.75 Å². The van der Waals surface area contributed by atoms with E-state index in [2.05, 4.69) is 4.98 Å². The van der Waals surface area contributed by atoms with Crippen LogP contribution in [0.15, 0.2) is 24.7 Å². The summed E-state index contributed by atoms with van der Waals surface area (Å²) in [6.07, 6.45) is 2.35. The quantitative estimate of drug-likeness (QED) is 0.311. The average molecular weight is 237 g/mol. The molecule has 88 valence electrons. The third-order valence-corrected chi connectivity index (χ3v) is 2.18. The fraction of sp³-hybridized carbons (Fsp3) is 0. The Kier molecular flexibility index (Phi) is 2.32. The summed E-state index contributed by atoms with van der Waals surface area (Å²) in [6, 6.07) is 2.12. The molecule has 0 saturated heterocycles. The van der Waals surface area contributed by atoms with Gasteiger partial charge in [0.2, 0.25) is 5.75 Å². The zero-order valence-electron chi connectivity index (χ0n) is 8.31. The number of aromatic hydroxyl groups is 2. The van der Waals surface area contributed by atoms with Gasteiger partial charge in [0.1, 0.15) is 12.0 Å². The van der Waals surface area contributed by atoms with Crippen molar-refractivity contribution < 1.29 is 20.3 Å². The predicted molar refractivity (Wildman–Crippen MR) is 54.8 cm³/mol. The second kappa shape index (κ2) is 3.67. The molecule has 0 spiro atoms. The minimum absolute atomic E-state index is 0.156. The minimum Gasteiger partial charge on any atom is -0.504 e. The van der Waals surface area contributed by atoms with E-state index in [-0.39, 0.29) is 11.3 Å². The molecule has 0 saturated carbocycles. The smallest absolute Gasteiger partial charge is 0.315 e. The SMILES string of the molecule is O=[N+]([O-])c1cc(-c2cncn2O)cc(O)c1O. The van der Waals surface area contributed by atoms with Gasteiger partial charge >= 0.3 is 5.69 Å². The maximum atomic E-state index is 10.6. The maximum absolute atomic E-state index is 10.6. The van der Waals surface area contributed by atoms with E-state index in [1.807, 2.05) is 0 Å². The van der Waals surface area contributed by atoms with Crippen molar-refractivity contribution in [2.24, 2.45) is 0 Å². The number of aromatic nitrogens is 2. The number of imidazole rings is 1. The summed E-state index contributed by atoms with van der Waals surface area (Å²) in [4.78, 5) is 13.4. The topological polar surface area (TPSA) is 122 Å². The summed E-state index contributed by atoms with van der Waals surface area (Å²) >= 11 is 0. The number of phenols is 2. The van der Waals surface area contributed by atoms with Crippen LogP contribution in [-0.2, 0) is 0 Å². The average Bonchev–Trinajstić information content (AvgIpc) is 2.68. The molecular formula is C9H7N3O5. The van der Waals surface area contributed by atoms with Crippen molar-refractivity contribution in [2.45, 2.75) is 0 Å². The van der Waals surface area contributed by atoms with Gasteiger partial charge in [-0.25, -0.2) is 4.98 Å². The molecule has 0 aliphatic heterocycles. The lowest BCUT2D eigenvalue weighted by atomic mass is 10.1. The van der Waals surface area contributed by atoms with Crippen LogP contribution in [0.1, 0.15) is 0 Å². The first-order valence-electron chi connectivity index (χ1n) is 4.43. The number of rotatable bonds is 2. The van der Waals surface area contributed by atoms with E-state index in [0.29, 0.717) is 4.73 Å². The second-order valence-electron chi connectivity index (χ2n) is 3.24. The fourth-order valence-electron chi connectivity index (χ4n) is 1.39. The number of hydrogen-bond donors (Lipinski definition) is 3. The number of nitrogens with zero attached hydrogens (tertiary/aromatic N) is 3. The molecule has 0 bridgehead atoms. The van der Waals surface area contributed by atoms with Gasteiger partial charge in [0.05, 0.1) is 11.1 Å². The van der Waals surface area contributed by atoms with E-state index in [4.69, 9.17) is 0 Å². The monoisotopic (exact) mass is 237 g/mol. The summed E-state index contributed by atoms with van der Waals surface area (Å²) in [5.74, 6) is -1.46. The van der Waals surface area contributed by atoms with Gasteiger partial charge in [0.25, 0.3) is 0 Å². The normalized spacial score (nSPS) is 10.4. The van der Waals surface area contributed by atoms with E-state index in [9.17, 15) is 25.5 Å². The van der Waals surface area contributed by atoms with E-state index in [1.54, 1.807) is 0 Å². The van der Waals surface area contributed by atoms with Crippen molar-refractivity contribution in [2.75, 3.05) is 0 Å². The zero-order chi connectivity index (χ0) is 12.6. The van der Waals surface area contributed by atoms with Crippen molar-refractivity contribution in [1.29, 1.82) is 0 Å². The second-order valence-corrected chi connectivity index (χ2v) is 3.24. The molecule has 3 N–H and O–H groups in total. The van der Waals surface area contributed by atoms with E-state index < -0.39 is 22.1 Å². The third-order valence-electron chi connectivity index (χ3n) is 2.18. The van der Waals surface area contributed by atoms with Gasteiger partial charge in [-0.05, 0) is 6.07 Å². The van der Waals surface area contributed by atoms with Crippen molar-refractivity contribution >= 4 is 5.69 Å². The van der Waals surface area contributed by atoms with Gasteiger partial charge < -0.3 is 15.4 Å². The largest absolute Gasteiger partial charge is 0.504 e. The first-order chi connectivity index (χ1) is 8.00. The minimum atomic E-state index is -0.837. The number of phenolic OH excluding ortho intramolecular Hbond substituents is 2. The lowest BCUT2D eigenvalue weighted by Gasteiger charge is -2.04. The van der Waals surface area contributed by atoms with Crippen LogP contribution in [0.5, 0.6) is 11.5 Å². The van der Waals surface area contributed by atoms with Crippen molar-refractivity contribution in [1.82, 2.24) is 9.71 Å². The highest BCUT2D eigenvalue weighted by molar-refractivity contribution is 5.69. The molecule has 17 heavy (non-hydrogen) atoms. The number of nitro benzene ring substituents is 1. The Labute approximate surface area is 94.1 Å². The lowest BCUT2D eigenvalue weighted by molar-refractivity contribution is -0.385. The molecule has 2 rings (SSSR count). The molecule has 0 aliphatic carbocycles. The molecule has 0 atom stereocenters. The number of hydrogen-bond acceptors (Lipinski definition) is 6. The fourth-order valence-corrected chi connectivity index (χ4v) is 1.39. The molecule has 0 radical (unpaired) electrons. The van der Waals surface area contributed by atoms with Gasteiger partial charge in [-0.2, -0.15) is 4.73 Å². The Balaban J connectivity index is 2.65. The summed E-state index contributed by atoms with van der Waals surface area (Å²) < 4.78 is 0.648. The molecule has 0 unspecified atom stereocenters. The maximum Gasteiger partial charge on any atom is 0.315 e. The summed E-state index contributed by atoms with van der Waals surface area (Å²) in [6.45, 7) is 0. The molecule has 0 aliphatic rings. The van der Waals surface area contributed by atoms with E-state index in [0.717, 1.165) is 18.5 Å². The summed E-state index contributed by atoms with van der Waals surface area (Å²) in [5, 5.41) is 38.6. The molecule has 0 fully saturated rings. The van der Waals surface area contributed by atoms with Crippen LogP contribution in [0.2, 0.25) is 0 Å². The van der Waals surface area contributed by atoms with Gasteiger partial charge in [-0.1, -0.05) is 0 Å². The van der Waals surface area contributed by atoms with Gasteiger partial charge in [-0.3, -0.25) is 10.1 Å². The lowest BCUT2D eigenvalue weighted by Crippen LogP contribution is -1.94. The number of benzene rings is 1. The zero-order valence-corrected chi connectivity index (χ0v) is 8.31. The van der Waals surface area contributed by atoms with Crippen LogP contribution < -0.4 is 0 Å². The Morgan fingerprint density at radius 3 is 2.59 bits per heavy atom. The highest BCUT2D eigenvalue weighted by Gasteiger charge is 2.20. The number of nitro groups is 1. The van der Waals surface area contributed by atoms with Crippen LogP contribution in [0.3, 0.4) is 0 Å². The molecular weight excluding hydrogens is 230 g/mol. The summed E-state index contributed by atoms with van der Waals surface area (Å²) in [7, 11) is 0. The Bertz CT molecular complexity index is 592. The van der Waals surface area contributed by atoms with Crippen LogP contribution in [-0.4, -0.2) is 30.1 Å². The standard InChI is InChI=1S/C9H7N3O5/c13-8-2-5(7-3-10-4-11(7)15)1-6(9(8)14)12(16)17/h1-4,13-15H. The highest BCUT2D eigenvalue weighted by Crippen LogP contribution is 2.38. The Morgan fingerprint density at radius 2 is 2.06 bits per heavy atom. The summed E-state index contributed by atoms with van der Waals surface area (Å²) in [5.41, 5.74) is -0.336. The Morgan fingerprint density at radius 1 is 1.35 bits per heavy atom. The van der Waals surface area contributed by atoms with Crippen LogP contribution in [0.25, 0.3) is 11.3 Å². The molecule has 1 aromatic heterocycles. The van der Waals surface area contributed by atoms with E-state index in [1.165, 1.54) is 6.20 Å². The third kappa shape index (κ3) is 1.71. The molecule has 1 aromatic carbocycles.